The van der Waals surface area contributed by atoms with Gasteiger partial charge in [-0.05, 0) is 12.8 Å². The van der Waals surface area contributed by atoms with E-state index in [4.69, 9.17) is 4.84 Å². The molecule has 118 valence electrons. The van der Waals surface area contributed by atoms with E-state index in [1.807, 2.05) is 0 Å². The summed E-state index contributed by atoms with van der Waals surface area (Å²) in [5.41, 5.74) is 2.21. The molecule has 0 aliphatic heterocycles. The van der Waals surface area contributed by atoms with E-state index < -0.39 is 0 Å². The number of carbonyl (C=O) groups is 3. The van der Waals surface area contributed by atoms with Crippen molar-refractivity contribution in [1.82, 2.24) is 10.8 Å². The zero-order chi connectivity index (χ0) is 15.8. The Bertz CT molecular complexity index is 278. The molecule has 2 N–H and O–H groups in total. The van der Waals surface area contributed by atoms with Crippen LogP contribution in [0.3, 0.4) is 0 Å². The van der Waals surface area contributed by atoms with E-state index in [2.05, 4.69) is 24.6 Å². The lowest BCUT2D eigenvalue weighted by atomic mass is 10.2. The Morgan fingerprint density at radius 1 is 0.900 bits per heavy atom. The van der Waals surface area contributed by atoms with Gasteiger partial charge in [-0.3, -0.25) is 24.5 Å². The van der Waals surface area contributed by atoms with Gasteiger partial charge >= 0.3 is 0 Å². The summed E-state index contributed by atoms with van der Waals surface area (Å²) in [6.45, 7) is 7.46. The summed E-state index contributed by atoms with van der Waals surface area (Å²) in [5, 5.41) is 2.19. The third-order valence-corrected chi connectivity index (χ3v) is 2.18. The van der Waals surface area contributed by atoms with Gasteiger partial charge in [0.05, 0.1) is 6.61 Å². The van der Waals surface area contributed by atoms with Crippen molar-refractivity contribution in [3.8, 4) is 0 Å². The molecule has 20 heavy (non-hydrogen) atoms. The summed E-state index contributed by atoms with van der Waals surface area (Å²) in [5.74, 6) is -0.824. The summed E-state index contributed by atoms with van der Waals surface area (Å²) in [4.78, 5) is 36.7. The van der Waals surface area contributed by atoms with Gasteiger partial charge in [-0.2, -0.15) is 0 Å². The van der Waals surface area contributed by atoms with E-state index >= 15 is 0 Å². The van der Waals surface area contributed by atoms with E-state index in [1.54, 1.807) is 0 Å². The van der Waals surface area contributed by atoms with Gasteiger partial charge in [0.25, 0.3) is 0 Å². The maximum atomic E-state index is 11.0. The molecule has 0 atom stereocenters. The Kier molecular flexibility index (Phi) is 16.3. The monoisotopic (exact) mass is 288 g/mol. The Morgan fingerprint density at radius 2 is 1.50 bits per heavy atom. The zero-order valence-electron chi connectivity index (χ0n) is 13.1. The van der Waals surface area contributed by atoms with Crippen LogP contribution in [0.2, 0.25) is 0 Å². The third-order valence-electron chi connectivity index (χ3n) is 2.18. The predicted molar refractivity (Wildman–Crippen MR) is 77.6 cm³/mol. The average Bonchev–Trinajstić information content (AvgIpc) is 2.36. The molecule has 0 bridgehead atoms. The molecular formula is C14H28N2O4. The molecule has 0 aromatic carbocycles. The van der Waals surface area contributed by atoms with Crippen LogP contribution in [0.15, 0.2) is 0 Å². The average molecular weight is 288 g/mol. The van der Waals surface area contributed by atoms with Crippen LogP contribution in [0, 0.1) is 0 Å². The van der Waals surface area contributed by atoms with Gasteiger partial charge < -0.3 is 0 Å². The van der Waals surface area contributed by atoms with Crippen LogP contribution < -0.4 is 10.8 Å². The number of hydroxylamine groups is 1. The molecule has 0 aliphatic rings. The summed E-state index contributed by atoms with van der Waals surface area (Å²) in [7, 11) is 0. The molecule has 0 saturated heterocycles. The molecule has 0 aromatic rings. The standard InChI is InChI=1S/C10H18N2O4.C4H10/c1-8(13)11-10(15)6-4-3-5-7-16-12-9(2)14;1-3-4-2/h3-7H2,1-2H3,(H,12,14)(H,11,13,15);3-4H2,1-2H3. The minimum Gasteiger partial charge on any atom is -0.297 e. The molecule has 6 nitrogen and oxygen atoms in total. The van der Waals surface area contributed by atoms with Gasteiger partial charge in [-0.1, -0.05) is 33.1 Å². The summed E-state index contributed by atoms with van der Waals surface area (Å²) in [6.07, 6.45) is 5.24. The molecule has 0 radical (unpaired) electrons. The quantitative estimate of drug-likeness (QED) is 0.529. The first-order chi connectivity index (χ1) is 9.43. The van der Waals surface area contributed by atoms with E-state index in [1.165, 1.54) is 26.7 Å². The van der Waals surface area contributed by atoms with Crippen molar-refractivity contribution >= 4 is 17.7 Å². The molecule has 0 spiro atoms. The van der Waals surface area contributed by atoms with Crippen molar-refractivity contribution in [1.29, 1.82) is 0 Å². The van der Waals surface area contributed by atoms with E-state index in [0.29, 0.717) is 19.4 Å². The normalized spacial score (nSPS) is 9.20. The van der Waals surface area contributed by atoms with Crippen LogP contribution in [0.1, 0.15) is 66.2 Å². The summed E-state index contributed by atoms with van der Waals surface area (Å²) < 4.78 is 0. The summed E-state index contributed by atoms with van der Waals surface area (Å²) in [6, 6.07) is 0. The molecule has 0 rings (SSSR count). The SMILES string of the molecule is CC(=O)NOCCCCCC(=O)NC(C)=O.CCCC. The van der Waals surface area contributed by atoms with Crippen molar-refractivity contribution in [3.63, 3.8) is 0 Å². The van der Waals surface area contributed by atoms with Gasteiger partial charge in [-0.25, -0.2) is 5.48 Å². The molecule has 0 fully saturated rings. The maximum absolute atomic E-state index is 11.0. The van der Waals surface area contributed by atoms with Crippen molar-refractivity contribution in [3.05, 3.63) is 0 Å². The lowest BCUT2D eigenvalue weighted by Gasteiger charge is -2.03. The fourth-order valence-electron chi connectivity index (χ4n) is 1.05. The second-order valence-electron chi connectivity index (χ2n) is 4.42. The third kappa shape index (κ3) is 21.8. The fraction of sp³-hybridized carbons (Fsp3) is 0.786. The minimum atomic E-state index is -0.334. The Labute approximate surface area is 121 Å². The number of hydrogen-bond donors (Lipinski definition) is 2. The largest absolute Gasteiger partial charge is 0.297 e. The molecule has 0 saturated carbocycles. The van der Waals surface area contributed by atoms with Gasteiger partial charge in [0.2, 0.25) is 17.7 Å². The number of carbonyl (C=O) groups excluding carboxylic acids is 3. The second-order valence-corrected chi connectivity index (χ2v) is 4.42. The second kappa shape index (κ2) is 15.6. The Morgan fingerprint density at radius 3 is 1.95 bits per heavy atom. The lowest BCUT2D eigenvalue weighted by molar-refractivity contribution is -0.131. The van der Waals surface area contributed by atoms with E-state index in [9.17, 15) is 14.4 Å². The molecule has 0 heterocycles. The van der Waals surface area contributed by atoms with Crippen LogP contribution in [0.25, 0.3) is 0 Å². The van der Waals surface area contributed by atoms with Crippen molar-refractivity contribution < 1.29 is 19.2 Å². The van der Waals surface area contributed by atoms with E-state index in [-0.39, 0.29) is 17.7 Å². The lowest BCUT2D eigenvalue weighted by Crippen LogP contribution is -2.27. The number of imide groups is 1. The molecule has 0 aromatic heterocycles. The Balaban J connectivity index is 0. The van der Waals surface area contributed by atoms with Crippen LogP contribution >= 0.6 is 0 Å². The highest BCUT2D eigenvalue weighted by Gasteiger charge is 2.02. The maximum Gasteiger partial charge on any atom is 0.240 e. The zero-order valence-corrected chi connectivity index (χ0v) is 13.1. The van der Waals surface area contributed by atoms with Gasteiger partial charge in [0.1, 0.15) is 0 Å². The predicted octanol–water partition coefficient (Wildman–Crippen LogP) is 2.08. The highest BCUT2D eigenvalue weighted by molar-refractivity contribution is 5.93. The molecule has 0 aliphatic carbocycles. The first-order valence-corrected chi connectivity index (χ1v) is 7.12. The minimum absolute atomic E-state index is 0.235. The molecule has 3 amide bonds. The molecule has 6 heteroatoms. The first-order valence-electron chi connectivity index (χ1n) is 7.12. The highest BCUT2D eigenvalue weighted by Crippen LogP contribution is 1.99. The highest BCUT2D eigenvalue weighted by atomic mass is 16.6. The van der Waals surface area contributed by atoms with Gasteiger partial charge in [-0.15, -0.1) is 0 Å². The van der Waals surface area contributed by atoms with Crippen LogP contribution in [0.4, 0.5) is 0 Å². The smallest absolute Gasteiger partial charge is 0.240 e. The van der Waals surface area contributed by atoms with Crippen LogP contribution in [0.5, 0.6) is 0 Å². The van der Waals surface area contributed by atoms with Crippen molar-refractivity contribution in [2.45, 2.75) is 66.2 Å². The number of unbranched alkanes of at least 4 members (excludes halogenated alkanes) is 3. The van der Waals surface area contributed by atoms with Crippen molar-refractivity contribution in [2.24, 2.45) is 0 Å². The topological polar surface area (TPSA) is 84.5 Å². The number of nitrogens with one attached hydrogen (secondary N) is 2. The number of rotatable bonds is 8. The van der Waals surface area contributed by atoms with Crippen molar-refractivity contribution in [2.75, 3.05) is 6.61 Å². The van der Waals surface area contributed by atoms with Gasteiger partial charge in [0.15, 0.2) is 0 Å². The Hall–Kier alpha value is -1.43. The summed E-state index contributed by atoms with van der Waals surface area (Å²) >= 11 is 0. The molecule has 0 unspecified atom stereocenters. The van der Waals surface area contributed by atoms with E-state index in [0.717, 1.165) is 12.8 Å². The molecular weight excluding hydrogens is 260 g/mol. The number of amides is 3. The fourth-order valence-corrected chi connectivity index (χ4v) is 1.05. The number of hydrogen-bond acceptors (Lipinski definition) is 4. The van der Waals surface area contributed by atoms with Gasteiger partial charge in [0, 0.05) is 20.3 Å². The first kappa shape index (κ1) is 20.9. The van der Waals surface area contributed by atoms with Crippen LogP contribution in [-0.4, -0.2) is 24.3 Å². The van der Waals surface area contributed by atoms with Crippen LogP contribution in [-0.2, 0) is 19.2 Å².